The lowest BCUT2D eigenvalue weighted by Crippen LogP contribution is -2.37. The van der Waals surface area contributed by atoms with Crippen LogP contribution in [0.15, 0.2) is 66.7 Å². The van der Waals surface area contributed by atoms with Gasteiger partial charge < -0.3 is 24.8 Å². The number of ether oxygens (including phenoxy) is 3. The van der Waals surface area contributed by atoms with Gasteiger partial charge in [-0.15, -0.1) is 0 Å². The van der Waals surface area contributed by atoms with E-state index in [-0.39, 0.29) is 22.8 Å². The van der Waals surface area contributed by atoms with Crippen LogP contribution in [-0.2, 0) is 21.2 Å². The summed E-state index contributed by atoms with van der Waals surface area (Å²) in [6.45, 7) is -0.143. The number of nitrogens with zero attached hydrogens (tertiary/aromatic N) is 1. The summed E-state index contributed by atoms with van der Waals surface area (Å²) >= 11 is 0. The summed E-state index contributed by atoms with van der Waals surface area (Å²) in [5, 5.41) is 5.51. The van der Waals surface area contributed by atoms with Crippen molar-refractivity contribution in [1.82, 2.24) is 5.32 Å². The van der Waals surface area contributed by atoms with Gasteiger partial charge in [0.25, 0.3) is 5.91 Å². The minimum atomic E-state index is -3.78. The standard InChI is InChI=1S/C27H31N3O7S/c1-35-21-9-7-8-20(17-21)30(38(4,33)34)18-26(31)29-23-11-6-5-10-22(23)27(32)28-15-14-19-12-13-24(36-2)25(16-19)37-3/h5-13,16-17H,14-15,18H2,1-4H3,(H,28,32)(H,29,31). The molecule has 202 valence electrons. The Labute approximate surface area is 222 Å². The maximum absolute atomic E-state index is 12.9. The molecule has 0 heterocycles. The third-order valence-corrected chi connectivity index (χ3v) is 6.76. The fraction of sp³-hybridized carbons (Fsp3) is 0.259. The number of para-hydroxylation sites is 1. The Morgan fingerprint density at radius 2 is 1.61 bits per heavy atom. The van der Waals surface area contributed by atoms with Crippen LogP contribution in [0.4, 0.5) is 11.4 Å². The monoisotopic (exact) mass is 541 g/mol. The Morgan fingerprint density at radius 1 is 0.868 bits per heavy atom. The molecule has 0 bridgehead atoms. The van der Waals surface area contributed by atoms with Gasteiger partial charge in [-0.25, -0.2) is 8.42 Å². The van der Waals surface area contributed by atoms with Gasteiger partial charge in [0.2, 0.25) is 15.9 Å². The van der Waals surface area contributed by atoms with Crippen LogP contribution >= 0.6 is 0 Å². The van der Waals surface area contributed by atoms with Crippen LogP contribution in [0, 0.1) is 0 Å². The average molecular weight is 542 g/mol. The van der Waals surface area contributed by atoms with Crippen molar-refractivity contribution >= 4 is 33.2 Å². The lowest BCUT2D eigenvalue weighted by molar-refractivity contribution is -0.114. The molecule has 0 fully saturated rings. The van der Waals surface area contributed by atoms with E-state index in [0.29, 0.717) is 30.2 Å². The highest BCUT2D eigenvalue weighted by Crippen LogP contribution is 2.27. The second kappa shape index (κ2) is 12.8. The predicted octanol–water partition coefficient (Wildman–Crippen LogP) is 3.09. The number of carbonyl (C=O) groups excluding carboxylic acids is 2. The number of hydrogen-bond donors (Lipinski definition) is 2. The minimum Gasteiger partial charge on any atom is -0.497 e. The predicted molar refractivity (Wildman–Crippen MR) is 146 cm³/mol. The van der Waals surface area contributed by atoms with E-state index in [9.17, 15) is 18.0 Å². The van der Waals surface area contributed by atoms with Gasteiger partial charge in [0.15, 0.2) is 11.5 Å². The Kier molecular flexibility index (Phi) is 9.55. The number of nitrogens with one attached hydrogen (secondary N) is 2. The topological polar surface area (TPSA) is 123 Å². The zero-order valence-electron chi connectivity index (χ0n) is 21.7. The van der Waals surface area contributed by atoms with Crippen molar-refractivity contribution in [2.45, 2.75) is 6.42 Å². The zero-order chi connectivity index (χ0) is 27.7. The molecule has 0 aliphatic carbocycles. The van der Waals surface area contributed by atoms with Gasteiger partial charge in [-0.3, -0.25) is 13.9 Å². The van der Waals surface area contributed by atoms with Crippen LogP contribution < -0.4 is 29.1 Å². The summed E-state index contributed by atoms with van der Waals surface area (Å²) < 4.78 is 41.6. The van der Waals surface area contributed by atoms with Crippen molar-refractivity contribution in [3.8, 4) is 17.2 Å². The first-order chi connectivity index (χ1) is 18.2. The fourth-order valence-electron chi connectivity index (χ4n) is 3.73. The lowest BCUT2D eigenvalue weighted by atomic mass is 10.1. The molecule has 2 N–H and O–H groups in total. The van der Waals surface area contributed by atoms with E-state index in [2.05, 4.69) is 10.6 Å². The number of amides is 2. The summed E-state index contributed by atoms with van der Waals surface area (Å²) in [5.74, 6) is 0.678. The molecule has 11 heteroatoms. The average Bonchev–Trinajstić information content (AvgIpc) is 2.91. The molecule has 0 saturated carbocycles. The molecule has 0 radical (unpaired) electrons. The first kappa shape index (κ1) is 28.3. The van der Waals surface area contributed by atoms with Crippen LogP contribution in [0.3, 0.4) is 0 Å². The van der Waals surface area contributed by atoms with Crippen molar-refractivity contribution < 1.29 is 32.2 Å². The highest BCUT2D eigenvalue weighted by Gasteiger charge is 2.22. The molecule has 0 aliphatic rings. The molecule has 0 aromatic heterocycles. The van der Waals surface area contributed by atoms with Gasteiger partial charge in [0, 0.05) is 12.6 Å². The second-order valence-electron chi connectivity index (χ2n) is 8.26. The maximum atomic E-state index is 12.9. The van der Waals surface area contributed by atoms with Gasteiger partial charge in [-0.1, -0.05) is 24.3 Å². The molecule has 0 aliphatic heterocycles. The molecule has 0 atom stereocenters. The molecule has 2 amide bonds. The third-order valence-electron chi connectivity index (χ3n) is 5.62. The molecule has 10 nitrogen and oxygen atoms in total. The Morgan fingerprint density at radius 3 is 2.29 bits per heavy atom. The van der Waals surface area contributed by atoms with E-state index in [0.717, 1.165) is 16.1 Å². The summed E-state index contributed by atoms with van der Waals surface area (Å²) in [6.07, 6.45) is 1.56. The van der Waals surface area contributed by atoms with E-state index in [1.807, 2.05) is 12.1 Å². The van der Waals surface area contributed by atoms with Crippen molar-refractivity contribution in [3.05, 3.63) is 77.9 Å². The lowest BCUT2D eigenvalue weighted by Gasteiger charge is -2.22. The Bertz CT molecular complexity index is 1390. The molecule has 0 unspecified atom stereocenters. The molecule has 3 aromatic carbocycles. The Hall–Kier alpha value is -4.25. The quantitative estimate of drug-likeness (QED) is 0.361. The fourth-order valence-corrected chi connectivity index (χ4v) is 4.58. The smallest absolute Gasteiger partial charge is 0.253 e. The summed E-state index contributed by atoms with van der Waals surface area (Å²) in [7, 11) is 0.798. The van der Waals surface area contributed by atoms with E-state index in [4.69, 9.17) is 14.2 Å². The van der Waals surface area contributed by atoms with Gasteiger partial charge in [-0.05, 0) is 48.4 Å². The van der Waals surface area contributed by atoms with E-state index in [1.54, 1.807) is 62.8 Å². The van der Waals surface area contributed by atoms with Crippen LogP contribution in [0.1, 0.15) is 15.9 Å². The molecular formula is C27H31N3O7S. The second-order valence-corrected chi connectivity index (χ2v) is 10.2. The molecule has 3 aromatic rings. The van der Waals surface area contributed by atoms with Gasteiger partial charge in [0.1, 0.15) is 12.3 Å². The number of methoxy groups -OCH3 is 3. The van der Waals surface area contributed by atoms with Crippen LogP contribution in [-0.4, -0.2) is 60.9 Å². The SMILES string of the molecule is COc1cccc(N(CC(=O)Nc2ccccc2C(=O)NCCc2ccc(OC)c(OC)c2)S(C)(=O)=O)c1. The van der Waals surface area contributed by atoms with Crippen molar-refractivity contribution in [1.29, 1.82) is 0 Å². The number of benzene rings is 3. The normalized spacial score (nSPS) is 10.8. The number of hydrogen-bond acceptors (Lipinski definition) is 7. The summed E-state index contributed by atoms with van der Waals surface area (Å²) in [5.41, 5.74) is 1.74. The van der Waals surface area contributed by atoms with Crippen molar-refractivity contribution in [3.63, 3.8) is 0 Å². The highest BCUT2D eigenvalue weighted by molar-refractivity contribution is 7.92. The first-order valence-corrected chi connectivity index (χ1v) is 13.5. The number of sulfonamides is 1. The van der Waals surface area contributed by atoms with Gasteiger partial charge in [0.05, 0.1) is 44.5 Å². The van der Waals surface area contributed by atoms with Gasteiger partial charge >= 0.3 is 0 Å². The van der Waals surface area contributed by atoms with E-state index in [1.165, 1.54) is 13.2 Å². The number of rotatable bonds is 12. The van der Waals surface area contributed by atoms with Gasteiger partial charge in [-0.2, -0.15) is 0 Å². The third kappa shape index (κ3) is 7.39. The van der Waals surface area contributed by atoms with Crippen molar-refractivity contribution in [2.24, 2.45) is 0 Å². The largest absolute Gasteiger partial charge is 0.497 e. The first-order valence-electron chi connectivity index (χ1n) is 11.7. The molecule has 38 heavy (non-hydrogen) atoms. The van der Waals surface area contributed by atoms with Crippen LogP contribution in [0.5, 0.6) is 17.2 Å². The zero-order valence-corrected chi connectivity index (χ0v) is 22.5. The Balaban J connectivity index is 1.68. The van der Waals surface area contributed by atoms with Crippen LogP contribution in [0.2, 0.25) is 0 Å². The van der Waals surface area contributed by atoms with E-state index >= 15 is 0 Å². The highest BCUT2D eigenvalue weighted by atomic mass is 32.2. The van der Waals surface area contributed by atoms with E-state index < -0.39 is 22.5 Å². The molecule has 3 rings (SSSR count). The maximum Gasteiger partial charge on any atom is 0.253 e. The minimum absolute atomic E-state index is 0.250. The van der Waals surface area contributed by atoms with Crippen LogP contribution in [0.25, 0.3) is 0 Å². The number of carbonyl (C=O) groups is 2. The molecule has 0 spiro atoms. The van der Waals surface area contributed by atoms with Crippen molar-refractivity contribution in [2.75, 3.05) is 50.3 Å². The number of anilines is 2. The summed E-state index contributed by atoms with van der Waals surface area (Å²) in [6, 6.07) is 18.4. The molecule has 0 saturated heterocycles. The summed E-state index contributed by atoms with van der Waals surface area (Å²) in [4.78, 5) is 25.8. The molecular weight excluding hydrogens is 510 g/mol.